The second-order valence-corrected chi connectivity index (χ2v) is 4.06. The van der Waals surface area contributed by atoms with E-state index < -0.39 is 0 Å². The van der Waals surface area contributed by atoms with Crippen molar-refractivity contribution < 1.29 is 0 Å². The van der Waals surface area contributed by atoms with E-state index in [-0.39, 0.29) is 0 Å². The summed E-state index contributed by atoms with van der Waals surface area (Å²) in [6.45, 7) is 7.46. The summed E-state index contributed by atoms with van der Waals surface area (Å²) in [7, 11) is 1.99. The van der Waals surface area contributed by atoms with Crippen molar-refractivity contribution >= 4 is 0 Å². The second kappa shape index (κ2) is 6.59. The number of hydrogen-bond acceptors (Lipinski definition) is 2. The van der Waals surface area contributed by atoms with Crippen LogP contribution in [0.25, 0.3) is 0 Å². The molecule has 1 aromatic rings. The number of hydrogen-bond donors (Lipinski definition) is 2. The average molecular weight is 206 g/mol. The lowest BCUT2D eigenvalue weighted by molar-refractivity contribution is 0.624. The van der Waals surface area contributed by atoms with E-state index >= 15 is 0 Å². The highest BCUT2D eigenvalue weighted by Gasteiger charge is 1.97. The number of rotatable bonds is 6. The molecule has 0 amide bonds. The van der Waals surface area contributed by atoms with Gasteiger partial charge in [-0.1, -0.05) is 23.8 Å². The maximum absolute atomic E-state index is 3.46. The number of benzene rings is 1. The van der Waals surface area contributed by atoms with Gasteiger partial charge in [-0.15, -0.1) is 0 Å². The quantitative estimate of drug-likeness (QED) is 0.696. The third-order valence-corrected chi connectivity index (χ3v) is 2.59. The molecule has 84 valence electrons. The first-order valence-electron chi connectivity index (χ1n) is 5.65. The standard InChI is InChI=1S/C13H22N2/c1-11-5-6-13(12(2)9-11)10-15-8-4-7-14-3/h5-6,9,14-15H,4,7-8,10H2,1-3H3. The SMILES string of the molecule is CNCCCNCc1ccc(C)cc1C. The Morgan fingerprint density at radius 3 is 2.60 bits per heavy atom. The summed E-state index contributed by atoms with van der Waals surface area (Å²) in [6.07, 6.45) is 1.18. The van der Waals surface area contributed by atoms with E-state index in [4.69, 9.17) is 0 Å². The van der Waals surface area contributed by atoms with E-state index in [1.165, 1.54) is 23.1 Å². The molecule has 0 aromatic heterocycles. The minimum Gasteiger partial charge on any atom is -0.320 e. The molecule has 0 aliphatic heterocycles. The number of nitrogens with one attached hydrogen (secondary N) is 2. The monoisotopic (exact) mass is 206 g/mol. The summed E-state index contributed by atoms with van der Waals surface area (Å²) in [5.41, 5.74) is 4.13. The summed E-state index contributed by atoms with van der Waals surface area (Å²) in [6, 6.07) is 6.64. The summed E-state index contributed by atoms with van der Waals surface area (Å²) in [4.78, 5) is 0. The van der Waals surface area contributed by atoms with E-state index in [0.29, 0.717) is 0 Å². The minimum atomic E-state index is 0.982. The van der Waals surface area contributed by atoms with Crippen molar-refractivity contribution in [2.45, 2.75) is 26.8 Å². The zero-order valence-electron chi connectivity index (χ0n) is 10.1. The van der Waals surface area contributed by atoms with Gasteiger partial charge in [-0.2, -0.15) is 0 Å². The smallest absolute Gasteiger partial charge is 0.0208 e. The van der Waals surface area contributed by atoms with Crippen LogP contribution >= 0.6 is 0 Å². The van der Waals surface area contributed by atoms with Gasteiger partial charge in [0.15, 0.2) is 0 Å². The fourth-order valence-corrected chi connectivity index (χ4v) is 1.66. The van der Waals surface area contributed by atoms with Gasteiger partial charge in [0.25, 0.3) is 0 Å². The van der Waals surface area contributed by atoms with Crippen LogP contribution < -0.4 is 10.6 Å². The molecule has 1 rings (SSSR count). The Kier molecular flexibility index (Phi) is 5.37. The van der Waals surface area contributed by atoms with Gasteiger partial charge < -0.3 is 10.6 Å². The molecule has 0 radical (unpaired) electrons. The molecule has 0 unspecified atom stereocenters. The normalized spacial score (nSPS) is 10.6. The molecule has 0 spiro atoms. The molecule has 1 aromatic carbocycles. The predicted octanol–water partition coefficient (Wildman–Crippen LogP) is 2.00. The fourth-order valence-electron chi connectivity index (χ4n) is 1.66. The fraction of sp³-hybridized carbons (Fsp3) is 0.538. The van der Waals surface area contributed by atoms with Gasteiger partial charge in [0, 0.05) is 6.54 Å². The zero-order chi connectivity index (χ0) is 11.1. The van der Waals surface area contributed by atoms with Crippen molar-refractivity contribution in [2.24, 2.45) is 0 Å². The first-order valence-corrected chi connectivity index (χ1v) is 5.65. The molecule has 15 heavy (non-hydrogen) atoms. The van der Waals surface area contributed by atoms with Crippen molar-refractivity contribution in [3.63, 3.8) is 0 Å². The maximum atomic E-state index is 3.46. The molecular formula is C13H22N2. The van der Waals surface area contributed by atoms with E-state index in [2.05, 4.69) is 42.7 Å². The Hall–Kier alpha value is -0.860. The lowest BCUT2D eigenvalue weighted by Gasteiger charge is -2.08. The van der Waals surface area contributed by atoms with Crippen molar-refractivity contribution in [1.29, 1.82) is 0 Å². The largest absolute Gasteiger partial charge is 0.320 e. The van der Waals surface area contributed by atoms with Crippen LogP contribution in [-0.4, -0.2) is 20.1 Å². The van der Waals surface area contributed by atoms with Crippen molar-refractivity contribution in [1.82, 2.24) is 10.6 Å². The Morgan fingerprint density at radius 1 is 1.13 bits per heavy atom. The molecule has 0 bridgehead atoms. The maximum Gasteiger partial charge on any atom is 0.0208 e. The summed E-state index contributed by atoms with van der Waals surface area (Å²) in [5.74, 6) is 0. The van der Waals surface area contributed by atoms with Crippen LogP contribution in [0.5, 0.6) is 0 Å². The van der Waals surface area contributed by atoms with Crippen LogP contribution in [0.4, 0.5) is 0 Å². The summed E-state index contributed by atoms with van der Waals surface area (Å²) >= 11 is 0. The van der Waals surface area contributed by atoms with Crippen LogP contribution in [0, 0.1) is 13.8 Å². The molecular weight excluding hydrogens is 184 g/mol. The van der Waals surface area contributed by atoms with Gasteiger partial charge in [-0.05, 0) is 51.5 Å². The molecule has 0 saturated carbocycles. The van der Waals surface area contributed by atoms with Gasteiger partial charge in [-0.3, -0.25) is 0 Å². The Morgan fingerprint density at radius 2 is 1.93 bits per heavy atom. The van der Waals surface area contributed by atoms with E-state index in [1.807, 2.05) is 7.05 Å². The zero-order valence-corrected chi connectivity index (χ0v) is 10.1. The molecule has 0 aliphatic carbocycles. The molecule has 0 aliphatic rings. The van der Waals surface area contributed by atoms with Crippen LogP contribution in [0.1, 0.15) is 23.1 Å². The summed E-state index contributed by atoms with van der Waals surface area (Å²) < 4.78 is 0. The van der Waals surface area contributed by atoms with E-state index in [0.717, 1.165) is 19.6 Å². The molecule has 0 atom stereocenters. The van der Waals surface area contributed by atoms with Gasteiger partial charge in [-0.25, -0.2) is 0 Å². The third-order valence-electron chi connectivity index (χ3n) is 2.59. The molecule has 0 fully saturated rings. The van der Waals surface area contributed by atoms with E-state index in [1.54, 1.807) is 0 Å². The van der Waals surface area contributed by atoms with Gasteiger partial charge in [0.2, 0.25) is 0 Å². The van der Waals surface area contributed by atoms with Gasteiger partial charge in [0.05, 0.1) is 0 Å². The van der Waals surface area contributed by atoms with Crippen molar-refractivity contribution in [3.8, 4) is 0 Å². The highest BCUT2D eigenvalue weighted by atomic mass is 14.9. The highest BCUT2D eigenvalue weighted by molar-refractivity contribution is 5.30. The van der Waals surface area contributed by atoms with Crippen LogP contribution in [0.15, 0.2) is 18.2 Å². The minimum absolute atomic E-state index is 0.982. The van der Waals surface area contributed by atoms with Gasteiger partial charge in [0.1, 0.15) is 0 Å². The van der Waals surface area contributed by atoms with Crippen LogP contribution in [0.2, 0.25) is 0 Å². The van der Waals surface area contributed by atoms with Gasteiger partial charge >= 0.3 is 0 Å². The highest BCUT2D eigenvalue weighted by Crippen LogP contribution is 2.09. The van der Waals surface area contributed by atoms with Crippen LogP contribution in [-0.2, 0) is 6.54 Å². The third kappa shape index (κ3) is 4.45. The average Bonchev–Trinajstić information content (AvgIpc) is 2.20. The predicted molar refractivity (Wildman–Crippen MR) is 66.2 cm³/mol. The van der Waals surface area contributed by atoms with E-state index in [9.17, 15) is 0 Å². The second-order valence-electron chi connectivity index (χ2n) is 4.06. The first-order chi connectivity index (χ1) is 7.24. The Bertz CT molecular complexity index is 295. The van der Waals surface area contributed by atoms with Crippen molar-refractivity contribution in [3.05, 3.63) is 34.9 Å². The first kappa shape index (κ1) is 12.2. The molecule has 2 nitrogen and oxygen atoms in total. The molecule has 2 N–H and O–H groups in total. The molecule has 2 heteroatoms. The van der Waals surface area contributed by atoms with Crippen LogP contribution in [0.3, 0.4) is 0 Å². The molecule has 0 heterocycles. The Balaban J connectivity index is 2.31. The summed E-state index contributed by atoms with van der Waals surface area (Å²) in [5, 5.41) is 6.60. The molecule has 0 saturated heterocycles. The topological polar surface area (TPSA) is 24.1 Å². The lowest BCUT2D eigenvalue weighted by atomic mass is 10.1. The number of aryl methyl sites for hydroxylation is 2. The van der Waals surface area contributed by atoms with Crippen molar-refractivity contribution in [2.75, 3.05) is 20.1 Å². The lowest BCUT2D eigenvalue weighted by Crippen LogP contribution is -2.19. The Labute approximate surface area is 93.1 Å².